The van der Waals surface area contributed by atoms with Crippen molar-refractivity contribution in [3.05, 3.63) is 36.5 Å². The average molecular weight is 226 g/mol. The maximum atomic E-state index is 2.44. The average Bonchev–Trinajstić information content (AvgIpc) is 3.15. The summed E-state index contributed by atoms with van der Waals surface area (Å²) in [6.45, 7) is 0. The van der Waals surface area contributed by atoms with E-state index in [1.165, 1.54) is 32.1 Å². The number of allylic oxidation sites excluding steroid dienone is 6. The molecular formula is C17H22. The molecule has 0 spiro atoms. The fraction of sp³-hybridized carbons (Fsp3) is 0.647. The first-order chi connectivity index (χ1) is 8.40. The Bertz CT molecular complexity index is 375. The molecule has 17 heavy (non-hydrogen) atoms. The summed E-state index contributed by atoms with van der Waals surface area (Å²) < 4.78 is 0. The quantitative estimate of drug-likeness (QED) is 0.538. The molecule has 0 aromatic carbocycles. The smallest absolute Gasteiger partial charge is 0.0133 e. The van der Waals surface area contributed by atoms with E-state index < -0.39 is 0 Å². The van der Waals surface area contributed by atoms with Crippen LogP contribution in [0.25, 0.3) is 0 Å². The maximum absolute atomic E-state index is 2.44. The third-order valence-electron chi connectivity index (χ3n) is 5.62. The van der Waals surface area contributed by atoms with Crippen molar-refractivity contribution < 1.29 is 0 Å². The Hall–Kier alpha value is -0.780. The van der Waals surface area contributed by atoms with Gasteiger partial charge in [0.2, 0.25) is 0 Å². The minimum atomic E-state index is 0.925. The SMILES string of the molecule is C1=CC2C3C=CC(C3)C2C1.C1=CC2CCC1C2. The van der Waals surface area contributed by atoms with Gasteiger partial charge in [0.15, 0.2) is 0 Å². The second-order valence-corrected chi connectivity index (χ2v) is 6.57. The Morgan fingerprint density at radius 3 is 2.06 bits per heavy atom. The fourth-order valence-electron chi connectivity index (χ4n) is 4.69. The van der Waals surface area contributed by atoms with Crippen LogP contribution in [0.4, 0.5) is 0 Å². The van der Waals surface area contributed by atoms with Gasteiger partial charge in [-0.1, -0.05) is 36.5 Å². The minimum Gasteiger partial charge on any atom is -0.0879 e. The first-order valence-electron chi connectivity index (χ1n) is 7.43. The zero-order valence-corrected chi connectivity index (χ0v) is 10.5. The van der Waals surface area contributed by atoms with Gasteiger partial charge in [-0.25, -0.2) is 0 Å². The van der Waals surface area contributed by atoms with E-state index in [2.05, 4.69) is 36.5 Å². The Kier molecular flexibility index (Phi) is 2.31. The van der Waals surface area contributed by atoms with Gasteiger partial charge in [-0.05, 0) is 67.6 Å². The van der Waals surface area contributed by atoms with Crippen molar-refractivity contribution in [3.63, 3.8) is 0 Å². The molecule has 2 fully saturated rings. The van der Waals surface area contributed by atoms with Crippen molar-refractivity contribution in [2.45, 2.75) is 32.1 Å². The third kappa shape index (κ3) is 1.64. The molecule has 0 nitrogen and oxygen atoms in total. The molecule has 6 unspecified atom stereocenters. The van der Waals surface area contributed by atoms with Gasteiger partial charge in [-0.3, -0.25) is 0 Å². The number of fused-ring (bicyclic) bond motifs is 7. The summed E-state index contributed by atoms with van der Waals surface area (Å²) in [6.07, 6.45) is 21.7. The van der Waals surface area contributed by atoms with E-state index in [1.807, 2.05) is 0 Å². The molecule has 5 rings (SSSR count). The molecule has 0 aliphatic heterocycles. The minimum absolute atomic E-state index is 0.925. The number of rotatable bonds is 0. The molecule has 0 aromatic rings. The highest BCUT2D eigenvalue weighted by molar-refractivity contribution is 5.21. The molecule has 6 atom stereocenters. The first kappa shape index (κ1) is 10.2. The van der Waals surface area contributed by atoms with Crippen LogP contribution in [-0.4, -0.2) is 0 Å². The lowest BCUT2D eigenvalue weighted by Crippen LogP contribution is -2.12. The number of hydrogen-bond donors (Lipinski definition) is 0. The lowest BCUT2D eigenvalue weighted by atomic mass is 9.86. The maximum Gasteiger partial charge on any atom is -0.0133 e. The highest BCUT2D eigenvalue weighted by Gasteiger charge is 2.44. The zero-order chi connectivity index (χ0) is 11.2. The third-order valence-corrected chi connectivity index (χ3v) is 5.62. The molecule has 0 heterocycles. The van der Waals surface area contributed by atoms with E-state index >= 15 is 0 Å². The summed E-state index contributed by atoms with van der Waals surface area (Å²) >= 11 is 0. The van der Waals surface area contributed by atoms with Gasteiger partial charge in [0.05, 0.1) is 0 Å². The van der Waals surface area contributed by atoms with E-state index in [0.717, 1.165) is 35.5 Å². The van der Waals surface area contributed by atoms with Gasteiger partial charge in [-0.2, -0.15) is 0 Å². The normalized spacial score (nSPS) is 50.8. The van der Waals surface area contributed by atoms with Crippen LogP contribution in [0.1, 0.15) is 32.1 Å². The summed E-state index contributed by atoms with van der Waals surface area (Å²) in [5, 5.41) is 0. The van der Waals surface area contributed by atoms with Crippen molar-refractivity contribution in [1.82, 2.24) is 0 Å². The van der Waals surface area contributed by atoms with E-state index in [-0.39, 0.29) is 0 Å². The van der Waals surface area contributed by atoms with Crippen LogP contribution in [0.2, 0.25) is 0 Å². The van der Waals surface area contributed by atoms with Crippen LogP contribution in [0, 0.1) is 35.5 Å². The lowest BCUT2D eigenvalue weighted by molar-refractivity contribution is 0.398. The van der Waals surface area contributed by atoms with Crippen molar-refractivity contribution >= 4 is 0 Å². The summed E-state index contributed by atoms with van der Waals surface area (Å²) in [7, 11) is 0. The topological polar surface area (TPSA) is 0 Å². The lowest BCUT2D eigenvalue weighted by Gasteiger charge is -2.18. The van der Waals surface area contributed by atoms with E-state index in [0.29, 0.717) is 0 Å². The zero-order valence-electron chi connectivity index (χ0n) is 10.5. The number of hydrogen-bond acceptors (Lipinski definition) is 0. The van der Waals surface area contributed by atoms with Crippen molar-refractivity contribution in [2.24, 2.45) is 35.5 Å². The van der Waals surface area contributed by atoms with Crippen LogP contribution in [0.15, 0.2) is 36.5 Å². The van der Waals surface area contributed by atoms with Crippen LogP contribution in [-0.2, 0) is 0 Å². The molecule has 4 bridgehead atoms. The van der Waals surface area contributed by atoms with Crippen LogP contribution >= 0.6 is 0 Å². The van der Waals surface area contributed by atoms with E-state index in [9.17, 15) is 0 Å². The predicted octanol–water partition coefficient (Wildman–Crippen LogP) is 4.36. The molecule has 0 amide bonds. The van der Waals surface area contributed by atoms with Gasteiger partial charge in [0.1, 0.15) is 0 Å². The first-order valence-corrected chi connectivity index (χ1v) is 7.43. The summed E-state index contributed by atoms with van der Waals surface area (Å²) in [6, 6.07) is 0. The molecule has 5 aliphatic carbocycles. The van der Waals surface area contributed by atoms with Crippen molar-refractivity contribution in [1.29, 1.82) is 0 Å². The summed E-state index contributed by atoms with van der Waals surface area (Å²) in [4.78, 5) is 0. The molecular weight excluding hydrogens is 204 g/mol. The highest BCUT2D eigenvalue weighted by Crippen LogP contribution is 2.52. The molecule has 5 aliphatic rings. The second kappa shape index (κ2) is 3.86. The second-order valence-electron chi connectivity index (χ2n) is 6.57. The Morgan fingerprint density at radius 2 is 1.47 bits per heavy atom. The summed E-state index contributed by atoms with van der Waals surface area (Å²) in [5.41, 5.74) is 0. The van der Waals surface area contributed by atoms with Gasteiger partial charge in [0.25, 0.3) is 0 Å². The standard InChI is InChI=1S/C10H12.C7H10/c1-2-9-7-4-5-8(6-7)10(9)3-1;1-2-7-4-3-6(1)5-7/h1-2,4-5,7-10H,3,6H2;1-2,6-7H,3-5H2. The van der Waals surface area contributed by atoms with Crippen LogP contribution in [0.3, 0.4) is 0 Å². The van der Waals surface area contributed by atoms with E-state index in [1.54, 1.807) is 0 Å². The molecule has 0 radical (unpaired) electrons. The largest absolute Gasteiger partial charge is 0.0879 e. The molecule has 0 N–H and O–H groups in total. The van der Waals surface area contributed by atoms with Gasteiger partial charge < -0.3 is 0 Å². The van der Waals surface area contributed by atoms with Crippen LogP contribution in [0.5, 0.6) is 0 Å². The Balaban J connectivity index is 0.000000101. The summed E-state index contributed by atoms with van der Waals surface area (Å²) in [5.74, 6) is 5.80. The van der Waals surface area contributed by atoms with Gasteiger partial charge >= 0.3 is 0 Å². The van der Waals surface area contributed by atoms with E-state index in [4.69, 9.17) is 0 Å². The fourth-order valence-corrected chi connectivity index (χ4v) is 4.69. The Labute approximate surface area is 104 Å². The highest BCUT2D eigenvalue weighted by atomic mass is 14.5. The molecule has 2 saturated carbocycles. The molecule has 0 saturated heterocycles. The van der Waals surface area contributed by atoms with Crippen molar-refractivity contribution in [3.8, 4) is 0 Å². The van der Waals surface area contributed by atoms with Gasteiger partial charge in [-0.15, -0.1) is 0 Å². The van der Waals surface area contributed by atoms with Crippen molar-refractivity contribution in [2.75, 3.05) is 0 Å². The van der Waals surface area contributed by atoms with Gasteiger partial charge in [0, 0.05) is 0 Å². The molecule has 0 aromatic heterocycles. The monoisotopic (exact) mass is 226 g/mol. The molecule has 0 heteroatoms. The predicted molar refractivity (Wildman–Crippen MR) is 71.4 cm³/mol. The Morgan fingerprint density at radius 1 is 0.706 bits per heavy atom. The molecule has 90 valence electrons. The van der Waals surface area contributed by atoms with Crippen LogP contribution < -0.4 is 0 Å².